The van der Waals surface area contributed by atoms with Crippen LogP contribution in [0.1, 0.15) is 63.9 Å². The summed E-state index contributed by atoms with van der Waals surface area (Å²) < 4.78 is 52.9. The van der Waals surface area contributed by atoms with Gasteiger partial charge in [0.2, 0.25) is 21.8 Å². The summed E-state index contributed by atoms with van der Waals surface area (Å²) in [5.74, 6) is -2.69. The molecule has 38 heavy (non-hydrogen) atoms. The second-order valence-corrected chi connectivity index (χ2v) is 11.7. The Labute approximate surface area is 224 Å². The summed E-state index contributed by atoms with van der Waals surface area (Å²) in [7, 11) is -3.81. The fourth-order valence-electron chi connectivity index (χ4n) is 4.89. The van der Waals surface area contributed by atoms with Crippen molar-refractivity contribution in [2.75, 3.05) is 17.1 Å². The predicted molar refractivity (Wildman–Crippen MR) is 144 cm³/mol. The summed E-state index contributed by atoms with van der Waals surface area (Å²) in [6.07, 6.45) is 6.69. The Hall–Kier alpha value is -3.01. The Balaban J connectivity index is 1.74. The van der Waals surface area contributed by atoms with E-state index in [1.54, 1.807) is 4.90 Å². The number of halogens is 2. The highest BCUT2D eigenvalue weighted by molar-refractivity contribution is 7.92. The van der Waals surface area contributed by atoms with Crippen LogP contribution in [0.4, 0.5) is 14.5 Å². The Morgan fingerprint density at radius 2 is 1.71 bits per heavy atom. The van der Waals surface area contributed by atoms with Crippen molar-refractivity contribution in [2.45, 2.75) is 76.9 Å². The van der Waals surface area contributed by atoms with Crippen LogP contribution in [0, 0.1) is 11.6 Å². The van der Waals surface area contributed by atoms with Gasteiger partial charge in [0.05, 0.1) is 11.9 Å². The molecule has 10 heteroatoms. The number of carbonyl (C=O) groups is 2. The van der Waals surface area contributed by atoms with E-state index in [0.717, 1.165) is 60.4 Å². The minimum Gasteiger partial charge on any atom is -0.352 e. The number of sulfonamides is 1. The maximum Gasteiger partial charge on any atom is 0.243 e. The smallest absolute Gasteiger partial charge is 0.243 e. The highest BCUT2D eigenvalue weighted by Crippen LogP contribution is 2.22. The zero-order valence-electron chi connectivity index (χ0n) is 22.0. The van der Waals surface area contributed by atoms with E-state index in [4.69, 9.17) is 0 Å². The van der Waals surface area contributed by atoms with Gasteiger partial charge in [0, 0.05) is 31.6 Å². The van der Waals surface area contributed by atoms with E-state index in [0.29, 0.717) is 6.42 Å². The number of anilines is 1. The number of nitrogens with zero attached hydrogens (tertiary/aromatic N) is 2. The van der Waals surface area contributed by atoms with Crippen molar-refractivity contribution >= 4 is 27.5 Å². The Morgan fingerprint density at radius 3 is 2.32 bits per heavy atom. The van der Waals surface area contributed by atoms with Crippen LogP contribution >= 0.6 is 0 Å². The number of nitrogens with one attached hydrogen (secondary N) is 1. The number of carbonyl (C=O) groups excluding carboxylic acids is 2. The van der Waals surface area contributed by atoms with Gasteiger partial charge >= 0.3 is 0 Å². The quantitative estimate of drug-likeness (QED) is 0.413. The molecular formula is C28H37F2N3O4S. The van der Waals surface area contributed by atoms with Crippen molar-refractivity contribution < 1.29 is 26.8 Å². The molecule has 1 aliphatic rings. The van der Waals surface area contributed by atoms with E-state index < -0.39 is 27.7 Å². The van der Waals surface area contributed by atoms with Gasteiger partial charge in [-0.1, -0.05) is 56.5 Å². The van der Waals surface area contributed by atoms with Gasteiger partial charge in [-0.3, -0.25) is 13.9 Å². The van der Waals surface area contributed by atoms with Crippen molar-refractivity contribution in [1.29, 1.82) is 0 Å². The minimum atomic E-state index is -3.81. The average molecular weight is 550 g/mol. The summed E-state index contributed by atoms with van der Waals surface area (Å²) in [4.78, 5) is 28.3. The maximum absolute atomic E-state index is 13.8. The van der Waals surface area contributed by atoms with E-state index in [2.05, 4.69) is 5.32 Å². The second-order valence-electron chi connectivity index (χ2n) is 9.81. The lowest BCUT2D eigenvalue weighted by Crippen LogP contribution is -2.51. The molecule has 1 atom stereocenters. The number of rotatable bonds is 12. The molecule has 0 spiro atoms. The van der Waals surface area contributed by atoms with Gasteiger partial charge in [0.15, 0.2) is 11.6 Å². The number of benzene rings is 2. The van der Waals surface area contributed by atoms with Gasteiger partial charge in [0.25, 0.3) is 0 Å². The topological polar surface area (TPSA) is 86.8 Å². The molecule has 0 aliphatic heterocycles. The van der Waals surface area contributed by atoms with Crippen LogP contribution in [0.25, 0.3) is 0 Å². The van der Waals surface area contributed by atoms with Crippen LogP contribution in [-0.4, -0.2) is 50.0 Å². The molecule has 3 rings (SSSR count). The van der Waals surface area contributed by atoms with E-state index in [1.165, 1.54) is 6.07 Å². The highest BCUT2D eigenvalue weighted by Gasteiger charge is 2.30. The first kappa shape index (κ1) is 29.5. The zero-order valence-corrected chi connectivity index (χ0v) is 22.9. The average Bonchev–Trinajstić information content (AvgIpc) is 2.88. The first-order valence-electron chi connectivity index (χ1n) is 13.2. The third kappa shape index (κ3) is 8.24. The van der Waals surface area contributed by atoms with Crippen LogP contribution in [-0.2, 0) is 26.2 Å². The predicted octanol–water partition coefficient (Wildman–Crippen LogP) is 4.77. The molecule has 0 saturated heterocycles. The summed E-state index contributed by atoms with van der Waals surface area (Å²) in [5, 5.41) is 3.13. The van der Waals surface area contributed by atoms with Crippen molar-refractivity contribution in [3.05, 3.63) is 65.7 Å². The van der Waals surface area contributed by atoms with Crippen molar-refractivity contribution in [2.24, 2.45) is 0 Å². The number of amides is 2. The molecule has 1 saturated carbocycles. The van der Waals surface area contributed by atoms with Crippen LogP contribution in [0.5, 0.6) is 0 Å². The monoisotopic (exact) mass is 549 g/mol. The van der Waals surface area contributed by atoms with E-state index in [1.807, 2.05) is 37.3 Å². The van der Waals surface area contributed by atoms with Gasteiger partial charge < -0.3 is 10.2 Å². The summed E-state index contributed by atoms with van der Waals surface area (Å²) in [5.41, 5.74) is 0.864. The minimum absolute atomic E-state index is 0.0155. The Kier molecular flexibility index (Phi) is 10.6. The van der Waals surface area contributed by atoms with Gasteiger partial charge in [0.1, 0.15) is 6.04 Å². The molecule has 0 bridgehead atoms. The molecule has 208 valence electrons. The maximum atomic E-state index is 13.8. The number of hydrogen-bond donors (Lipinski definition) is 1. The largest absolute Gasteiger partial charge is 0.352 e. The fourth-order valence-corrected chi connectivity index (χ4v) is 5.85. The summed E-state index contributed by atoms with van der Waals surface area (Å²) >= 11 is 0. The fraction of sp³-hybridized carbons (Fsp3) is 0.500. The van der Waals surface area contributed by atoms with Crippen LogP contribution in [0.2, 0.25) is 0 Å². The van der Waals surface area contributed by atoms with Crippen molar-refractivity contribution in [3.63, 3.8) is 0 Å². The second kappa shape index (κ2) is 13.7. The number of hydrogen-bond acceptors (Lipinski definition) is 4. The molecule has 1 aliphatic carbocycles. The molecule has 2 aromatic carbocycles. The third-order valence-electron chi connectivity index (χ3n) is 6.88. The molecule has 0 aromatic heterocycles. The van der Waals surface area contributed by atoms with Crippen LogP contribution in [0.3, 0.4) is 0 Å². The lowest BCUT2D eigenvalue weighted by molar-refractivity contribution is -0.141. The van der Waals surface area contributed by atoms with E-state index in [9.17, 15) is 26.8 Å². The first-order chi connectivity index (χ1) is 18.1. The molecule has 0 unspecified atom stereocenters. The van der Waals surface area contributed by atoms with E-state index >= 15 is 0 Å². The molecule has 0 radical (unpaired) electrons. The van der Waals surface area contributed by atoms with Crippen molar-refractivity contribution in [1.82, 2.24) is 10.2 Å². The van der Waals surface area contributed by atoms with E-state index in [-0.39, 0.29) is 49.5 Å². The summed E-state index contributed by atoms with van der Waals surface area (Å²) in [6.45, 7) is 2.01. The zero-order chi connectivity index (χ0) is 27.7. The van der Waals surface area contributed by atoms with Gasteiger partial charge in [-0.2, -0.15) is 0 Å². The van der Waals surface area contributed by atoms with Gasteiger partial charge in [-0.15, -0.1) is 0 Å². The highest BCUT2D eigenvalue weighted by atomic mass is 32.2. The van der Waals surface area contributed by atoms with Crippen LogP contribution < -0.4 is 9.62 Å². The van der Waals surface area contributed by atoms with Crippen LogP contribution in [0.15, 0.2) is 48.5 Å². The molecule has 2 amide bonds. The Morgan fingerprint density at radius 1 is 1.03 bits per heavy atom. The van der Waals surface area contributed by atoms with Crippen molar-refractivity contribution in [3.8, 4) is 0 Å². The molecule has 7 nitrogen and oxygen atoms in total. The summed E-state index contributed by atoms with van der Waals surface area (Å²) in [6, 6.07) is 11.7. The lowest BCUT2D eigenvalue weighted by Gasteiger charge is -2.33. The van der Waals surface area contributed by atoms with Gasteiger partial charge in [-0.25, -0.2) is 17.2 Å². The molecule has 1 N–H and O–H groups in total. The van der Waals surface area contributed by atoms with Gasteiger partial charge in [-0.05, 0) is 43.4 Å². The third-order valence-corrected chi connectivity index (χ3v) is 8.07. The standard InChI is InChI=1S/C28H37F2N3O4S/c1-3-26(28(35)31-22-13-8-5-9-14-22)32(20-21-11-6-4-7-12-21)27(34)15-10-18-33(38(2,36)37)23-16-17-24(29)25(30)19-23/h4,6-7,11-12,16-17,19,22,26H,3,5,8-10,13-15,18,20H2,1-2H3,(H,31,35)/t26-/m0/s1. The first-order valence-corrected chi connectivity index (χ1v) is 15.0. The Bertz CT molecular complexity index is 1190. The SMILES string of the molecule is CC[C@@H](C(=O)NC1CCCCC1)N(Cc1ccccc1)C(=O)CCCN(c1ccc(F)c(F)c1)S(C)(=O)=O. The lowest BCUT2D eigenvalue weighted by atomic mass is 9.95. The molecule has 2 aromatic rings. The molecule has 1 fully saturated rings. The molecule has 0 heterocycles. The normalized spacial score (nSPS) is 15.1. The molecular weight excluding hydrogens is 512 g/mol.